The number of amides is 3. The summed E-state index contributed by atoms with van der Waals surface area (Å²) in [6.07, 6.45) is 5.28. The van der Waals surface area contributed by atoms with Crippen LogP contribution in [0.3, 0.4) is 0 Å². The van der Waals surface area contributed by atoms with Crippen molar-refractivity contribution in [2.24, 2.45) is 5.92 Å². The molecule has 22 heavy (non-hydrogen) atoms. The van der Waals surface area contributed by atoms with Crippen molar-refractivity contribution in [3.8, 4) is 0 Å². The third-order valence-electron chi connectivity index (χ3n) is 3.80. The predicted octanol–water partition coefficient (Wildman–Crippen LogP) is 2.27. The van der Waals surface area contributed by atoms with E-state index in [1.54, 1.807) is 36.4 Å². The Labute approximate surface area is 135 Å². The Hall–Kier alpha value is -1.82. The van der Waals surface area contributed by atoms with Crippen LogP contribution >= 0.6 is 11.3 Å². The van der Waals surface area contributed by atoms with E-state index in [-0.39, 0.29) is 11.9 Å². The van der Waals surface area contributed by atoms with Crippen LogP contribution in [-0.4, -0.2) is 55.5 Å². The molecule has 1 saturated heterocycles. The van der Waals surface area contributed by atoms with Gasteiger partial charge >= 0.3 is 6.03 Å². The highest BCUT2D eigenvalue weighted by Gasteiger charge is 2.23. The van der Waals surface area contributed by atoms with Crippen molar-refractivity contribution in [3.05, 3.63) is 28.5 Å². The molecule has 1 fully saturated rings. The largest absolute Gasteiger partial charge is 0.352 e. The highest BCUT2D eigenvalue weighted by Crippen LogP contribution is 2.17. The molecule has 120 valence electrons. The molecule has 2 heterocycles. The Morgan fingerprint density at radius 3 is 2.73 bits per heavy atom. The lowest BCUT2D eigenvalue weighted by molar-refractivity contribution is -0.116. The Morgan fingerprint density at radius 1 is 1.41 bits per heavy atom. The fourth-order valence-corrected chi connectivity index (χ4v) is 3.09. The van der Waals surface area contributed by atoms with Crippen molar-refractivity contribution in [3.63, 3.8) is 0 Å². The number of urea groups is 1. The fourth-order valence-electron chi connectivity index (χ4n) is 2.46. The summed E-state index contributed by atoms with van der Waals surface area (Å²) < 4.78 is 0. The fraction of sp³-hybridized carbons (Fsp3) is 0.500. The van der Waals surface area contributed by atoms with Crippen molar-refractivity contribution in [1.82, 2.24) is 15.1 Å². The normalized spacial score (nSPS) is 16.0. The number of carbonyl (C=O) groups excluding carboxylic acids is 2. The third kappa shape index (κ3) is 4.87. The number of likely N-dealkylation sites (tertiary alicyclic amines) is 1. The molecule has 0 radical (unpaired) electrons. The van der Waals surface area contributed by atoms with Gasteiger partial charge in [-0.05, 0) is 47.2 Å². The maximum absolute atomic E-state index is 11.8. The zero-order chi connectivity index (χ0) is 15.9. The molecule has 5 nitrogen and oxygen atoms in total. The molecule has 0 saturated carbocycles. The average Bonchev–Trinajstić information content (AvgIpc) is 3.04. The summed E-state index contributed by atoms with van der Waals surface area (Å²) >= 11 is 1.61. The van der Waals surface area contributed by atoms with Crippen LogP contribution in [0.25, 0.3) is 6.08 Å². The van der Waals surface area contributed by atoms with Crippen molar-refractivity contribution in [2.75, 3.05) is 33.7 Å². The second-order valence-electron chi connectivity index (χ2n) is 5.74. The molecule has 1 N–H and O–H groups in total. The second kappa shape index (κ2) is 7.98. The molecule has 1 aromatic rings. The number of nitrogens with one attached hydrogen (secondary N) is 1. The summed E-state index contributed by atoms with van der Waals surface area (Å²) in [6, 6.07) is 2.05. The number of thiophene rings is 1. The molecule has 0 atom stereocenters. The molecule has 0 bridgehead atoms. The van der Waals surface area contributed by atoms with Crippen LogP contribution in [0.15, 0.2) is 22.9 Å². The van der Waals surface area contributed by atoms with Crippen LogP contribution in [0.2, 0.25) is 0 Å². The first-order valence-corrected chi connectivity index (χ1v) is 8.45. The molecule has 0 aromatic carbocycles. The van der Waals surface area contributed by atoms with E-state index in [0.29, 0.717) is 12.5 Å². The second-order valence-corrected chi connectivity index (χ2v) is 6.52. The number of nitrogens with zero attached hydrogens (tertiary/aromatic N) is 2. The summed E-state index contributed by atoms with van der Waals surface area (Å²) in [7, 11) is 3.54. The lowest BCUT2D eigenvalue weighted by atomic mass is 9.97. The van der Waals surface area contributed by atoms with E-state index in [1.165, 1.54) is 0 Å². The predicted molar refractivity (Wildman–Crippen MR) is 89.7 cm³/mol. The van der Waals surface area contributed by atoms with Crippen molar-refractivity contribution >= 4 is 29.4 Å². The van der Waals surface area contributed by atoms with Gasteiger partial charge in [-0.2, -0.15) is 11.3 Å². The zero-order valence-electron chi connectivity index (χ0n) is 13.1. The highest BCUT2D eigenvalue weighted by atomic mass is 32.1. The minimum atomic E-state index is -0.0574. The molecule has 0 unspecified atom stereocenters. The van der Waals surface area contributed by atoms with E-state index in [2.05, 4.69) is 5.32 Å². The van der Waals surface area contributed by atoms with Crippen molar-refractivity contribution in [1.29, 1.82) is 0 Å². The van der Waals surface area contributed by atoms with Gasteiger partial charge in [0.15, 0.2) is 0 Å². The lowest BCUT2D eigenvalue weighted by Crippen LogP contribution is -2.45. The van der Waals surface area contributed by atoms with Gasteiger partial charge in [-0.3, -0.25) is 4.79 Å². The molecule has 1 aliphatic rings. The van der Waals surface area contributed by atoms with Gasteiger partial charge in [0.1, 0.15) is 0 Å². The van der Waals surface area contributed by atoms with Crippen LogP contribution < -0.4 is 5.32 Å². The summed E-state index contributed by atoms with van der Waals surface area (Å²) in [6.45, 7) is 2.21. The maximum Gasteiger partial charge on any atom is 0.319 e. The maximum atomic E-state index is 11.8. The number of rotatable bonds is 4. The first-order valence-electron chi connectivity index (χ1n) is 7.50. The molecular weight excluding hydrogens is 298 g/mol. The number of hydrogen-bond acceptors (Lipinski definition) is 3. The Kier molecular flexibility index (Phi) is 6.00. The van der Waals surface area contributed by atoms with Crippen LogP contribution in [-0.2, 0) is 4.79 Å². The van der Waals surface area contributed by atoms with Gasteiger partial charge in [-0.15, -0.1) is 0 Å². The van der Waals surface area contributed by atoms with E-state index in [9.17, 15) is 9.59 Å². The molecular formula is C16H23N3O2S. The zero-order valence-corrected chi connectivity index (χ0v) is 13.9. The van der Waals surface area contributed by atoms with Gasteiger partial charge in [0.25, 0.3) is 0 Å². The van der Waals surface area contributed by atoms with Gasteiger partial charge in [-0.25, -0.2) is 4.79 Å². The van der Waals surface area contributed by atoms with Crippen LogP contribution in [0.4, 0.5) is 4.79 Å². The summed E-state index contributed by atoms with van der Waals surface area (Å²) in [5.41, 5.74) is 1.05. The minimum Gasteiger partial charge on any atom is -0.352 e. The molecule has 6 heteroatoms. The molecule has 2 rings (SSSR count). The smallest absolute Gasteiger partial charge is 0.319 e. The summed E-state index contributed by atoms with van der Waals surface area (Å²) in [5.74, 6) is 0.391. The number of hydrogen-bond donors (Lipinski definition) is 1. The van der Waals surface area contributed by atoms with Crippen molar-refractivity contribution in [2.45, 2.75) is 12.8 Å². The van der Waals surface area contributed by atoms with Crippen molar-refractivity contribution < 1.29 is 9.59 Å². The quantitative estimate of drug-likeness (QED) is 0.865. The van der Waals surface area contributed by atoms with Crippen LogP contribution in [0, 0.1) is 5.92 Å². The Morgan fingerprint density at radius 2 is 2.14 bits per heavy atom. The summed E-state index contributed by atoms with van der Waals surface area (Å²) in [4.78, 5) is 27.1. The number of piperidine rings is 1. The lowest BCUT2D eigenvalue weighted by Gasteiger charge is -2.33. The van der Waals surface area contributed by atoms with Gasteiger partial charge in [0.2, 0.25) is 5.91 Å². The van der Waals surface area contributed by atoms with E-state index >= 15 is 0 Å². The molecule has 1 aliphatic heterocycles. The molecule has 0 aliphatic carbocycles. The van der Waals surface area contributed by atoms with E-state index in [4.69, 9.17) is 0 Å². The van der Waals surface area contributed by atoms with E-state index in [1.807, 2.05) is 27.8 Å². The molecule has 3 amide bonds. The van der Waals surface area contributed by atoms with Gasteiger partial charge in [-0.1, -0.05) is 0 Å². The van der Waals surface area contributed by atoms with Gasteiger partial charge in [0, 0.05) is 39.8 Å². The third-order valence-corrected chi connectivity index (χ3v) is 4.50. The first kappa shape index (κ1) is 16.5. The van der Waals surface area contributed by atoms with Gasteiger partial charge < -0.3 is 15.1 Å². The van der Waals surface area contributed by atoms with E-state index < -0.39 is 0 Å². The molecule has 0 spiro atoms. The van der Waals surface area contributed by atoms with Gasteiger partial charge in [0.05, 0.1) is 0 Å². The van der Waals surface area contributed by atoms with E-state index in [0.717, 1.165) is 31.5 Å². The monoisotopic (exact) mass is 321 g/mol. The van der Waals surface area contributed by atoms with Crippen LogP contribution in [0.1, 0.15) is 18.4 Å². The number of carbonyl (C=O) groups is 2. The average molecular weight is 321 g/mol. The summed E-state index contributed by atoms with van der Waals surface area (Å²) in [5, 5.41) is 6.93. The standard InChI is InChI=1S/C16H23N3O2S/c1-18(2)16(21)19-8-5-13(6-9-19)11-17-15(20)4-3-14-7-10-22-12-14/h3-4,7,10,12-13H,5-6,8-9,11H2,1-2H3,(H,17,20). The Balaban J connectivity index is 1.68. The Bertz CT molecular complexity index is 518. The molecule has 1 aromatic heterocycles. The first-order chi connectivity index (χ1) is 10.6. The topological polar surface area (TPSA) is 52.7 Å². The van der Waals surface area contributed by atoms with Crippen LogP contribution in [0.5, 0.6) is 0 Å². The SMILES string of the molecule is CN(C)C(=O)N1CCC(CNC(=O)C=Cc2ccsc2)CC1. The highest BCUT2D eigenvalue weighted by molar-refractivity contribution is 7.08. The minimum absolute atomic E-state index is 0.0574.